The van der Waals surface area contributed by atoms with E-state index in [9.17, 15) is 62.6 Å². The Hall–Kier alpha value is -14.0. The number of carbonyl (C=O) groups is 18. The second-order valence-corrected chi connectivity index (χ2v) is 35.5. The third-order valence-electron chi connectivity index (χ3n) is 23.6. The number of amides is 18. The van der Waals surface area contributed by atoms with Crippen molar-refractivity contribution in [3.63, 3.8) is 0 Å². The molecule has 6 aromatic rings. The molecule has 0 radical (unpaired) electrons. The zero-order chi connectivity index (χ0) is 99.6. The van der Waals surface area contributed by atoms with E-state index >= 15 is 28.8 Å². The highest BCUT2D eigenvalue weighted by molar-refractivity contribution is 8.00. The van der Waals surface area contributed by atoms with Gasteiger partial charge in [-0.1, -0.05) is 120 Å². The van der Waals surface area contributed by atoms with Crippen molar-refractivity contribution in [2.75, 3.05) is 79.0 Å². The fourth-order valence-electron chi connectivity index (χ4n) is 16.0. The summed E-state index contributed by atoms with van der Waals surface area (Å²) in [5.41, 5.74) is 19.8. The number of fused-ring (bicyclic) bond motifs is 3. The summed E-state index contributed by atoms with van der Waals surface area (Å²) in [6, 6.07) is 2.51. The molecule has 0 aliphatic carbocycles. The van der Waals surface area contributed by atoms with Gasteiger partial charge in [-0.2, -0.15) is 0 Å². The number of aliphatic hydroxyl groups is 1. The van der Waals surface area contributed by atoms with Crippen LogP contribution >= 0.6 is 11.8 Å². The van der Waals surface area contributed by atoms with Crippen molar-refractivity contribution in [3.05, 3.63) is 126 Å². The quantitative estimate of drug-likeness (QED) is 0.0132. The lowest BCUT2D eigenvalue weighted by atomic mass is 10.00. The van der Waals surface area contributed by atoms with E-state index in [-0.39, 0.29) is 89.6 Å². The van der Waals surface area contributed by atoms with Crippen LogP contribution in [0, 0.1) is 11.3 Å². The summed E-state index contributed by atoms with van der Waals surface area (Å²) in [5.74, 6) is -18.3. The molecule has 18 amide bonds. The van der Waals surface area contributed by atoms with Gasteiger partial charge in [0.15, 0.2) is 5.96 Å². The highest BCUT2D eigenvalue weighted by Crippen LogP contribution is 2.26. The van der Waals surface area contributed by atoms with Crippen LogP contribution in [0.25, 0.3) is 21.8 Å². The third-order valence-corrected chi connectivity index (χ3v) is 24.6. The Labute approximate surface area is 791 Å². The predicted octanol–water partition coefficient (Wildman–Crippen LogP) is -3.02. The molecule has 136 heavy (non-hydrogen) atoms. The molecule has 3 aromatic heterocycles. The Morgan fingerprint density at radius 1 is 0.529 bits per heavy atom. The molecule has 5 heterocycles. The van der Waals surface area contributed by atoms with Gasteiger partial charge in [0.05, 0.1) is 44.7 Å². The van der Waals surface area contributed by atoms with Crippen LogP contribution in [0.5, 0.6) is 0 Å². The fraction of sp³-hybridized carbons (Fsp3) is 0.516. The molecule has 2 saturated heterocycles. The molecule has 13 atom stereocenters. The maximum Gasteiger partial charge on any atom is 0.246 e. The van der Waals surface area contributed by atoms with Crippen molar-refractivity contribution in [2.24, 2.45) is 23.1 Å². The Morgan fingerprint density at radius 3 is 1.68 bits per heavy atom. The maximum atomic E-state index is 15.7. The number of aromatic nitrogens is 4. The fourth-order valence-corrected chi connectivity index (χ4v) is 16.9. The SMILES string of the molecule is CCCCC1C(=O)N(C)C(CCCC)C(=O)NC(CCCNC(=N)N)C(=O)NC(C(=O)NCC(=O)NCC(N)=O)CSCC(=O)NC(Cc2ccccc2)C(=O)N(C)C(C)C(=O)NC(CC(N)=O)C(=O)N2CCCC2C(=O)NC(Cc2cnc[nH]2)C(=O)NC(CC(C)C)C(=O)N(C)CC(=O)NC(Cc2c[nH]c3ccccc23)C(=O)NC(CO)C(=O)NC(Cc2c[nH]c3ccccc23)C(=O)N1C. The second kappa shape index (κ2) is 52.6. The minimum Gasteiger partial charge on any atom is -0.394 e. The average Bonchev–Trinajstić information content (AvgIpc) is 1.60. The molecule has 23 N–H and O–H groups in total. The number of aliphatic hydroxyl groups excluding tert-OH is 1. The summed E-state index contributed by atoms with van der Waals surface area (Å²) in [6.07, 6.45) is 5.72. The number of imidazole rings is 1. The minimum absolute atomic E-state index is 0.00462. The number of hydrogen-bond donors (Lipinski definition) is 20. The van der Waals surface area contributed by atoms with E-state index in [1.165, 1.54) is 47.6 Å². The topological polar surface area (TPSA) is 650 Å². The minimum atomic E-state index is -1.86. The molecule has 0 bridgehead atoms. The van der Waals surface area contributed by atoms with Crippen LogP contribution in [-0.4, -0.2) is 319 Å². The van der Waals surface area contributed by atoms with Crippen LogP contribution < -0.4 is 81.0 Å². The van der Waals surface area contributed by atoms with E-state index in [1.54, 1.807) is 105 Å². The number of primary amides is 2. The van der Waals surface area contributed by atoms with Gasteiger partial charge in [0.2, 0.25) is 106 Å². The number of nitrogens with zero attached hydrogens (tertiary/aromatic N) is 6. The number of nitrogens with two attached hydrogens (primary N) is 3. The first kappa shape index (κ1) is 107. The first-order valence-electron chi connectivity index (χ1n) is 45.4. The molecule has 45 heteroatoms. The Kier molecular flexibility index (Phi) is 41.5. The van der Waals surface area contributed by atoms with Crippen molar-refractivity contribution in [1.29, 1.82) is 5.41 Å². The molecular weight excluding hydrogens is 1780 g/mol. The number of unbranched alkanes of at least 4 members (excludes halogenated alkanes) is 2. The van der Waals surface area contributed by atoms with Crippen LogP contribution in [0.2, 0.25) is 0 Å². The number of nitrogens with one attached hydrogen (secondary N) is 16. The molecule has 0 saturated carbocycles. The maximum absolute atomic E-state index is 15.7. The molecule has 2 aliphatic rings. The number of carbonyl (C=O) groups excluding carboxylic acids is 18. The molecule has 0 spiro atoms. The van der Waals surface area contributed by atoms with Crippen LogP contribution in [0.15, 0.2) is 104 Å². The van der Waals surface area contributed by atoms with Crippen LogP contribution in [0.3, 0.4) is 0 Å². The third kappa shape index (κ3) is 31.6. The van der Waals surface area contributed by atoms with Crippen molar-refractivity contribution in [2.45, 2.75) is 216 Å². The molecule has 13 unspecified atom stereocenters. The van der Waals surface area contributed by atoms with Crippen LogP contribution in [0.4, 0.5) is 0 Å². The van der Waals surface area contributed by atoms with Gasteiger partial charge in [0, 0.05) is 119 Å². The average molecular weight is 1910 g/mol. The number of H-pyrrole nitrogens is 3. The van der Waals surface area contributed by atoms with Crippen molar-refractivity contribution in [3.8, 4) is 0 Å². The number of benzene rings is 3. The molecule has 3 aromatic carbocycles. The first-order chi connectivity index (χ1) is 64.8. The van der Waals surface area contributed by atoms with Crippen LogP contribution in [0.1, 0.15) is 134 Å². The number of guanidine groups is 1. The van der Waals surface area contributed by atoms with Crippen molar-refractivity contribution >= 4 is 146 Å². The van der Waals surface area contributed by atoms with E-state index in [0.29, 0.717) is 69.9 Å². The summed E-state index contributed by atoms with van der Waals surface area (Å²) in [6.45, 7) is 5.16. The molecule has 2 aliphatic heterocycles. The van der Waals surface area contributed by atoms with Gasteiger partial charge in [-0.15, -0.1) is 11.8 Å². The standard InChI is InChI=1S/C91H129N25O19S/c1-10-12-30-70-84(129)105-61(29-21-33-97-91(94)95)80(125)111-69(79(124)101-45-75(120)100-44-74(93)119)48-136-49-77(122)104-65(36-53-23-15-14-16-24-53)87(132)113(7)52(5)78(123)107-67(40-73(92)118)89(134)116-34-22-32-71(116)85(130)106-63(39-56-43-96-50-102-56)82(127)108-64(35-51(3)4)86(131)112(6)46-76(121)103-62(37-54-41-98-59-27-19-17-25-57(54)59)81(126)110-68(47-117)83(128)109-66(38-55-42-99-60-28-20-18-26-58(55)60)88(133)115(9)72(31-13-11-2)90(135)114(70)8/h14-20,23-28,41-43,50-52,61-72,98-99,117H,10-13,21-22,29-40,44-49H2,1-9H3,(H2,92,118)(H2,93,119)(H,96,102)(H,100,120)(H,101,124)(H,103,121)(H,104,122)(H,105,129)(H,106,130)(H,107,123)(H,108,127)(H,109,128)(H,110,126)(H,111,125)(H4,94,95,97). The lowest BCUT2D eigenvalue weighted by molar-refractivity contribution is -0.149. The van der Waals surface area contributed by atoms with Gasteiger partial charge in [-0.25, -0.2) is 4.98 Å². The van der Waals surface area contributed by atoms with E-state index in [4.69, 9.17) is 22.6 Å². The van der Waals surface area contributed by atoms with E-state index in [2.05, 4.69) is 83.7 Å². The summed E-state index contributed by atoms with van der Waals surface area (Å²) < 4.78 is 0. The zero-order valence-corrected chi connectivity index (χ0v) is 78.8. The molecular formula is C91H129N25O19S. The number of hydrogen-bond acceptors (Lipinski definition) is 22. The number of aromatic amines is 3. The summed E-state index contributed by atoms with van der Waals surface area (Å²) in [5, 5.41) is 51.7. The van der Waals surface area contributed by atoms with Gasteiger partial charge in [0.25, 0.3) is 0 Å². The molecule has 44 nitrogen and oxygen atoms in total. The first-order valence-corrected chi connectivity index (χ1v) is 46.5. The molecule has 8 rings (SSSR count). The zero-order valence-electron chi connectivity index (χ0n) is 78.0. The number of likely N-dealkylation sites (N-methyl/N-ethyl adjacent to an activating group) is 4. The van der Waals surface area contributed by atoms with E-state index in [0.717, 1.165) is 36.3 Å². The van der Waals surface area contributed by atoms with Gasteiger partial charge in [-0.3, -0.25) is 91.7 Å². The summed E-state index contributed by atoms with van der Waals surface area (Å²) in [7, 11) is 5.21. The number of para-hydroxylation sites is 2. The van der Waals surface area contributed by atoms with E-state index < -0.39 is 235 Å². The van der Waals surface area contributed by atoms with Crippen molar-refractivity contribution < 1.29 is 91.4 Å². The van der Waals surface area contributed by atoms with Gasteiger partial charge in [0.1, 0.15) is 78.5 Å². The van der Waals surface area contributed by atoms with Crippen molar-refractivity contribution in [1.82, 2.24) is 108 Å². The Morgan fingerprint density at radius 2 is 1.07 bits per heavy atom. The highest BCUT2D eigenvalue weighted by Gasteiger charge is 2.44. The van der Waals surface area contributed by atoms with Gasteiger partial charge >= 0.3 is 0 Å². The number of thioether (sulfide) groups is 1. The largest absolute Gasteiger partial charge is 0.394 e. The Bertz CT molecular complexity index is 5210. The molecule has 738 valence electrons. The van der Waals surface area contributed by atoms with Crippen LogP contribution in [-0.2, 0) is 112 Å². The summed E-state index contributed by atoms with van der Waals surface area (Å²) >= 11 is 0.764. The second-order valence-electron chi connectivity index (χ2n) is 34.4. The predicted molar refractivity (Wildman–Crippen MR) is 503 cm³/mol. The van der Waals surface area contributed by atoms with Gasteiger partial charge in [-0.05, 0) is 86.6 Å². The normalized spacial score (nSPS) is 23.1. The number of rotatable bonds is 28. The lowest BCUT2D eigenvalue weighted by Crippen LogP contribution is -2.61. The monoisotopic (exact) mass is 1910 g/mol. The summed E-state index contributed by atoms with van der Waals surface area (Å²) in [4.78, 5) is 280. The molecule has 2 fully saturated rings. The van der Waals surface area contributed by atoms with Gasteiger partial charge < -0.3 is 126 Å². The Balaban J connectivity index is 1.19. The lowest BCUT2D eigenvalue weighted by Gasteiger charge is -2.36. The highest BCUT2D eigenvalue weighted by atomic mass is 32.2. The van der Waals surface area contributed by atoms with E-state index in [1.807, 2.05) is 13.8 Å². The smallest absolute Gasteiger partial charge is 0.246 e.